The van der Waals surface area contributed by atoms with E-state index in [-0.39, 0.29) is 12.6 Å². The molecule has 0 aromatic heterocycles. The predicted octanol–water partition coefficient (Wildman–Crippen LogP) is 4.52. The highest BCUT2D eigenvalue weighted by atomic mass is 35.5. The number of benzene rings is 2. The first-order valence-electron chi connectivity index (χ1n) is 7.90. The number of rotatable bonds is 5. The Hall–Kier alpha value is -2.04. The Labute approximate surface area is 156 Å². The van der Waals surface area contributed by atoms with Crippen LogP contribution in [-0.2, 0) is 19.7 Å². The van der Waals surface area contributed by atoms with Crippen LogP contribution in [0.2, 0.25) is 10.0 Å². The fourth-order valence-corrected chi connectivity index (χ4v) is 3.09. The molecular weight excluding hydrogens is 361 g/mol. The van der Waals surface area contributed by atoms with E-state index in [4.69, 9.17) is 27.9 Å². The second kappa shape index (κ2) is 7.06. The second-order valence-corrected chi connectivity index (χ2v) is 7.04. The van der Waals surface area contributed by atoms with Gasteiger partial charge in [0, 0.05) is 5.02 Å². The van der Waals surface area contributed by atoms with E-state index in [0.717, 1.165) is 11.1 Å². The smallest absolute Gasteiger partial charge is 0.317 e. The van der Waals surface area contributed by atoms with E-state index in [0.29, 0.717) is 28.6 Å². The summed E-state index contributed by atoms with van der Waals surface area (Å²) < 4.78 is 5.22. The van der Waals surface area contributed by atoms with Gasteiger partial charge in [-0.05, 0) is 55.2 Å². The Bertz CT molecular complexity index is 814. The zero-order chi connectivity index (χ0) is 18.0. The normalized spacial score (nSPS) is 14.7. The van der Waals surface area contributed by atoms with Crippen molar-refractivity contribution in [3.05, 3.63) is 63.6 Å². The number of carbonyl (C=O) groups excluding carboxylic acids is 2. The van der Waals surface area contributed by atoms with Crippen LogP contribution in [0.5, 0.6) is 0 Å². The number of anilines is 1. The summed E-state index contributed by atoms with van der Waals surface area (Å²) in [5, 5.41) is 3.70. The maximum absolute atomic E-state index is 12.4. The minimum absolute atomic E-state index is 0.349. The van der Waals surface area contributed by atoms with E-state index in [1.165, 1.54) is 0 Å². The minimum Gasteiger partial charge on any atom is -0.455 e. The van der Waals surface area contributed by atoms with E-state index >= 15 is 0 Å². The SMILES string of the molecule is Cc1ccc(NC(=O)COC(=O)C2(c3ccc(Cl)cc3)CC2)c(Cl)c1. The molecule has 1 fully saturated rings. The van der Waals surface area contributed by atoms with Gasteiger partial charge in [-0.15, -0.1) is 0 Å². The first-order chi connectivity index (χ1) is 11.9. The number of ether oxygens (including phenoxy) is 1. The lowest BCUT2D eigenvalue weighted by Gasteiger charge is -2.15. The largest absolute Gasteiger partial charge is 0.455 e. The first kappa shape index (κ1) is 17.8. The van der Waals surface area contributed by atoms with Gasteiger partial charge >= 0.3 is 5.97 Å². The molecule has 6 heteroatoms. The maximum Gasteiger partial charge on any atom is 0.317 e. The van der Waals surface area contributed by atoms with Gasteiger partial charge in [-0.3, -0.25) is 9.59 Å². The van der Waals surface area contributed by atoms with Gasteiger partial charge in [-0.25, -0.2) is 0 Å². The number of amides is 1. The highest BCUT2D eigenvalue weighted by Crippen LogP contribution is 2.49. The summed E-state index contributed by atoms with van der Waals surface area (Å²) >= 11 is 12.0. The molecule has 2 aromatic rings. The maximum atomic E-state index is 12.4. The van der Waals surface area contributed by atoms with Crippen molar-refractivity contribution in [3.8, 4) is 0 Å². The highest BCUT2D eigenvalue weighted by molar-refractivity contribution is 6.33. The van der Waals surface area contributed by atoms with Crippen molar-refractivity contribution >= 4 is 40.8 Å². The molecule has 2 aromatic carbocycles. The fraction of sp³-hybridized carbons (Fsp3) is 0.263. The molecule has 0 heterocycles. The molecule has 1 amide bonds. The lowest BCUT2D eigenvalue weighted by molar-refractivity contribution is -0.150. The van der Waals surface area contributed by atoms with Crippen molar-refractivity contribution < 1.29 is 14.3 Å². The summed E-state index contributed by atoms with van der Waals surface area (Å²) in [4.78, 5) is 24.4. The third kappa shape index (κ3) is 3.97. The molecule has 0 spiro atoms. The van der Waals surface area contributed by atoms with Crippen molar-refractivity contribution in [1.29, 1.82) is 0 Å². The van der Waals surface area contributed by atoms with E-state index in [9.17, 15) is 9.59 Å². The molecule has 0 bridgehead atoms. The molecule has 0 unspecified atom stereocenters. The Morgan fingerprint density at radius 3 is 2.40 bits per heavy atom. The van der Waals surface area contributed by atoms with Gasteiger partial charge in [-0.2, -0.15) is 0 Å². The molecule has 4 nitrogen and oxygen atoms in total. The highest BCUT2D eigenvalue weighted by Gasteiger charge is 2.52. The summed E-state index contributed by atoms with van der Waals surface area (Å²) in [6, 6.07) is 12.4. The molecule has 1 aliphatic carbocycles. The Kier molecular flexibility index (Phi) is 5.02. The van der Waals surface area contributed by atoms with Gasteiger partial charge in [0.1, 0.15) is 0 Å². The molecule has 0 saturated heterocycles. The molecule has 1 saturated carbocycles. The van der Waals surface area contributed by atoms with Crippen LogP contribution in [0.15, 0.2) is 42.5 Å². The predicted molar refractivity (Wildman–Crippen MR) is 98.1 cm³/mol. The molecule has 130 valence electrons. The lowest BCUT2D eigenvalue weighted by atomic mass is 9.96. The molecule has 0 aliphatic heterocycles. The van der Waals surface area contributed by atoms with Crippen LogP contribution in [0.4, 0.5) is 5.69 Å². The number of esters is 1. The van der Waals surface area contributed by atoms with Crippen LogP contribution in [0.1, 0.15) is 24.0 Å². The van der Waals surface area contributed by atoms with Crippen molar-refractivity contribution in [2.75, 3.05) is 11.9 Å². The van der Waals surface area contributed by atoms with Crippen LogP contribution in [-0.4, -0.2) is 18.5 Å². The van der Waals surface area contributed by atoms with Gasteiger partial charge in [0.25, 0.3) is 5.91 Å². The monoisotopic (exact) mass is 377 g/mol. The van der Waals surface area contributed by atoms with Crippen molar-refractivity contribution in [2.24, 2.45) is 0 Å². The average molecular weight is 378 g/mol. The van der Waals surface area contributed by atoms with Gasteiger partial charge in [0.15, 0.2) is 6.61 Å². The Morgan fingerprint density at radius 1 is 1.12 bits per heavy atom. The number of carbonyl (C=O) groups is 2. The van der Waals surface area contributed by atoms with Crippen LogP contribution >= 0.6 is 23.2 Å². The summed E-state index contributed by atoms with van der Waals surface area (Å²) in [7, 11) is 0. The molecule has 1 N–H and O–H groups in total. The third-order valence-electron chi connectivity index (χ3n) is 4.27. The summed E-state index contributed by atoms with van der Waals surface area (Å²) in [5.41, 5.74) is 1.70. The van der Waals surface area contributed by atoms with Gasteiger partial charge < -0.3 is 10.1 Å². The standard InChI is InChI=1S/C19H17Cl2NO3/c1-12-2-7-16(15(21)10-12)22-17(23)11-25-18(24)19(8-9-19)13-3-5-14(20)6-4-13/h2-7,10H,8-9,11H2,1H3,(H,22,23). The lowest BCUT2D eigenvalue weighted by Crippen LogP contribution is -2.28. The second-order valence-electron chi connectivity index (χ2n) is 6.20. The number of hydrogen-bond acceptors (Lipinski definition) is 3. The van der Waals surface area contributed by atoms with Gasteiger partial charge in [-0.1, -0.05) is 41.4 Å². The zero-order valence-electron chi connectivity index (χ0n) is 13.6. The number of halogens is 2. The molecule has 0 atom stereocenters. The van der Waals surface area contributed by atoms with Crippen molar-refractivity contribution in [1.82, 2.24) is 0 Å². The summed E-state index contributed by atoms with van der Waals surface area (Å²) in [6.07, 6.45) is 1.41. The van der Waals surface area contributed by atoms with Crippen LogP contribution in [0.3, 0.4) is 0 Å². The van der Waals surface area contributed by atoms with Crippen molar-refractivity contribution in [3.63, 3.8) is 0 Å². The summed E-state index contributed by atoms with van der Waals surface area (Å²) in [6.45, 7) is 1.56. The topological polar surface area (TPSA) is 55.4 Å². The Morgan fingerprint density at radius 2 is 1.80 bits per heavy atom. The van der Waals surface area contributed by atoms with E-state index in [1.807, 2.05) is 25.1 Å². The third-order valence-corrected chi connectivity index (χ3v) is 4.84. The fourth-order valence-electron chi connectivity index (χ4n) is 2.68. The van der Waals surface area contributed by atoms with Gasteiger partial charge in [0.05, 0.1) is 16.1 Å². The number of nitrogens with one attached hydrogen (secondary N) is 1. The van der Waals surface area contributed by atoms with Crippen LogP contribution in [0.25, 0.3) is 0 Å². The van der Waals surface area contributed by atoms with Gasteiger partial charge in [0.2, 0.25) is 0 Å². The number of aryl methyl sites for hydroxylation is 1. The molecule has 25 heavy (non-hydrogen) atoms. The van der Waals surface area contributed by atoms with E-state index in [1.54, 1.807) is 24.3 Å². The molecule has 3 rings (SSSR count). The molecular formula is C19H17Cl2NO3. The molecule has 0 radical (unpaired) electrons. The van der Waals surface area contributed by atoms with Crippen LogP contribution < -0.4 is 5.32 Å². The van der Waals surface area contributed by atoms with E-state index in [2.05, 4.69) is 5.32 Å². The van der Waals surface area contributed by atoms with Crippen LogP contribution in [0, 0.1) is 6.92 Å². The van der Waals surface area contributed by atoms with E-state index < -0.39 is 11.3 Å². The number of hydrogen-bond donors (Lipinski definition) is 1. The van der Waals surface area contributed by atoms with Crippen molar-refractivity contribution in [2.45, 2.75) is 25.2 Å². The Balaban J connectivity index is 1.58. The molecule has 1 aliphatic rings. The minimum atomic E-state index is -0.646. The average Bonchev–Trinajstić information content (AvgIpc) is 3.38. The zero-order valence-corrected chi connectivity index (χ0v) is 15.2. The first-order valence-corrected chi connectivity index (χ1v) is 8.66. The summed E-state index contributed by atoms with van der Waals surface area (Å²) in [5.74, 6) is -0.814. The quantitative estimate of drug-likeness (QED) is 0.779.